The van der Waals surface area contributed by atoms with Crippen LogP contribution in [0.5, 0.6) is 0 Å². The van der Waals surface area contributed by atoms with Gasteiger partial charge in [-0.25, -0.2) is 14.0 Å². The highest BCUT2D eigenvalue weighted by molar-refractivity contribution is 5.96. The van der Waals surface area contributed by atoms with Crippen molar-refractivity contribution >= 4 is 17.7 Å². The molecule has 138 valence electrons. The van der Waals surface area contributed by atoms with Gasteiger partial charge in [-0.2, -0.15) is 0 Å². The molecule has 3 rings (SSSR count). The van der Waals surface area contributed by atoms with Crippen molar-refractivity contribution in [1.82, 2.24) is 10.5 Å². The number of anilines is 1. The van der Waals surface area contributed by atoms with Gasteiger partial charge in [-0.05, 0) is 43.3 Å². The maximum atomic E-state index is 13.1. The molecule has 1 aromatic heterocycles. The second-order valence-electron chi connectivity index (χ2n) is 5.77. The van der Waals surface area contributed by atoms with Crippen LogP contribution in [0.3, 0.4) is 0 Å². The maximum absolute atomic E-state index is 13.1. The van der Waals surface area contributed by atoms with Crippen LogP contribution in [0.4, 0.5) is 14.9 Å². The third kappa shape index (κ3) is 4.12. The minimum absolute atomic E-state index is 0.00923. The quantitative estimate of drug-likeness (QED) is 0.629. The summed E-state index contributed by atoms with van der Waals surface area (Å²) in [5.74, 6) is -1.72. The number of carbonyl (C=O) groups excluding carboxylic acids is 1. The van der Waals surface area contributed by atoms with Crippen LogP contribution < -0.4 is 10.6 Å². The fraction of sp³-hybridized carbons (Fsp3) is 0.105. The average molecular weight is 369 g/mol. The maximum Gasteiger partial charge on any atom is 0.341 e. The van der Waals surface area contributed by atoms with Crippen LogP contribution in [-0.2, 0) is 0 Å². The summed E-state index contributed by atoms with van der Waals surface area (Å²) in [5.41, 5.74) is 0.860. The Morgan fingerprint density at radius 3 is 2.41 bits per heavy atom. The van der Waals surface area contributed by atoms with Gasteiger partial charge in [0.25, 0.3) is 0 Å². The zero-order valence-corrected chi connectivity index (χ0v) is 14.3. The molecular weight excluding hydrogens is 353 g/mol. The van der Waals surface area contributed by atoms with Crippen LogP contribution in [0.25, 0.3) is 11.3 Å². The number of aromatic carboxylic acids is 1. The summed E-state index contributed by atoms with van der Waals surface area (Å²) in [4.78, 5) is 23.8. The molecule has 8 heteroatoms. The molecule has 0 aliphatic heterocycles. The van der Waals surface area contributed by atoms with Gasteiger partial charge in [-0.3, -0.25) is 0 Å². The Morgan fingerprint density at radius 1 is 1.11 bits per heavy atom. The van der Waals surface area contributed by atoms with E-state index in [0.717, 1.165) is 0 Å². The molecule has 3 aromatic rings. The summed E-state index contributed by atoms with van der Waals surface area (Å²) in [6, 6.07) is 12.7. The molecule has 7 nitrogen and oxygen atoms in total. The third-order valence-electron chi connectivity index (χ3n) is 3.82. The standard InChI is InChI=1S/C19H16FN3O4/c1-11(21-19(26)22-14-5-3-2-4-6-14)17-15(18(24)25)16(23-27-17)12-7-9-13(20)10-8-12/h2-11H,1H3,(H,24,25)(H2,21,22,26)/t11-/m1/s1. The summed E-state index contributed by atoms with van der Waals surface area (Å²) >= 11 is 0. The molecule has 1 atom stereocenters. The molecular formula is C19H16FN3O4. The molecule has 0 aliphatic carbocycles. The Hall–Kier alpha value is -3.68. The lowest BCUT2D eigenvalue weighted by atomic mass is 10.0. The molecule has 0 bridgehead atoms. The SMILES string of the molecule is C[C@@H](NC(=O)Nc1ccccc1)c1onc(-c2ccc(F)cc2)c1C(=O)O. The first-order valence-electron chi connectivity index (χ1n) is 8.07. The van der Waals surface area contributed by atoms with Gasteiger partial charge in [0.15, 0.2) is 5.76 Å². The van der Waals surface area contributed by atoms with Crippen LogP contribution in [0, 0.1) is 5.82 Å². The number of carboxylic acid groups (broad SMARTS) is 1. The van der Waals surface area contributed by atoms with Gasteiger partial charge in [-0.15, -0.1) is 0 Å². The van der Waals surface area contributed by atoms with Gasteiger partial charge in [0.1, 0.15) is 17.1 Å². The van der Waals surface area contributed by atoms with Crippen LogP contribution in [0.2, 0.25) is 0 Å². The molecule has 0 aliphatic rings. The van der Waals surface area contributed by atoms with Crippen LogP contribution >= 0.6 is 0 Å². The van der Waals surface area contributed by atoms with Crippen LogP contribution in [0.1, 0.15) is 29.1 Å². The van der Waals surface area contributed by atoms with Crippen molar-refractivity contribution in [2.24, 2.45) is 0 Å². The van der Waals surface area contributed by atoms with E-state index in [2.05, 4.69) is 15.8 Å². The van der Waals surface area contributed by atoms with Crippen LogP contribution in [-0.4, -0.2) is 22.3 Å². The zero-order chi connectivity index (χ0) is 19.4. The van der Waals surface area contributed by atoms with Crippen molar-refractivity contribution in [3.63, 3.8) is 0 Å². The number of rotatable bonds is 5. The van der Waals surface area contributed by atoms with E-state index in [4.69, 9.17) is 4.52 Å². The number of carbonyl (C=O) groups is 2. The first-order chi connectivity index (χ1) is 13.0. The molecule has 0 radical (unpaired) electrons. The Labute approximate surface area is 153 Å². The molecule has 2 amide bonds. The van der Waals surface area contributed by atoms with E-state index < -0.39 is 23.9 Å². The number of aromatic nitrogens is 1. The molecule has 0 saturated carbocycles. The molecule has 3 N–H and O–H groups in total. The third-order valence-corrected chi connectivity index (χ3v) is 3.82. The molecule has 0 unspecified atom stereocenters. The van der Waals surface area contributed by atoms with E-state index in [1.54, 1.807) is 31.2 Å². The lowest BCUT2D eigenvalue weighted by molar-refractivity contribution is 0.0694. The number of carboxylic acids is 1. The number of hydrogen-bond donors (Lipinski definition) is 3. The first-order valence-corrected chi connectivity index (χ1v) is 8.07. The Bertz CT molecular complexity index is 955. The highest BCUT2D eigenvalue weighted by atomic mass is 19.1. The summed E-state index contributed by atoms with van der Waals surface area (Å²) in [7, 11) is 0. The van der Waals surface area contributed by atoms with Gasteiger partial charge in [0, 0.05) is 11.3 Å². The Balaban J connectivity index is 1.82. The van der Waals surface area contributed by atoms with Gasteiger partial charge < -0.3 is 20.3 Å². The molecule has 2 aromatic carbocycles. The number of nitrogens with one attached hydrogen (secondary N) is 2. The average Bonchev–Trinajstić information content (AvgIpc) is 3.08. The predicted molar refractivity (Wildman–Crippen MR) is 95.9 cm³/mol. The van der Waals surface area contributed by atoms with Gasteiger partial charge in [0.2, 0.25) is 0 Å². The van der Waals surface area contributed by atoms with E-state index in [9.17, 15) is 19.1 Å². The number of urea groups is 1. The fourth-order valence-corrected chi connectivity index (χ4v) is 2.56. The summed E-state index contributed by atoms with van der Waals surface area (Å²) in [6.45, 7) is 1.58. The van der Waals surface area contributed by atoms with Crippen molar-refractivity contribution in [2.75, 3.05) is 5.32 Å². The topological polar surface area (TPSA) is 104 Å². The largest absolute Gasteiger partial charge is 0.477 e. The molecule has 1 heterocycles. The van der Waals surface area contributed by atoms with Gasteiger partial charge in [-0.1, -0.05) is 23.4 Å². The second kappa shape index (κ2) is 7.69. The second-order valence-corrected chi connectivity index (χ2v) is 5.77. The van der Waals surface area contributed by atoms with Crippen molar-refractivity contribution in [1.29, 1.82) is 0 Å². The predicted octanol–water partition coefficient (Wildman–Crippen LogP) is 4.06. The summed E-state index contributed by atoms with van der Waals surface area (Å²) in [6.07, 6.45) is 0. The number of hydrogen-bond acceptors (Lipinski definition) is 4. The highest BCUT2D eigenvalue weighted by Gasteiger charge is 2.28. The van der Waals surface area contributed by atoms with Crippen molar-refractivity contribution < 1.29 is 23.6 Å². The van der Waals surface area contributed by atoms with E-state index >= 15 is 0 Å². The van der Waals surface area contributed by atoms with Crippen molar-refractivity contribution in [2.45, 2.75) is 13.0 Å². The number of benzene rings is 2. The van der Waals surface area contributed by atoms with Gasteiger partial charge >= 0.3 is 12.0 Å². The Morgan fingerprint density at radius 2 is 1.78 bits per heavy atom. The fourth-order valence-electron chi connectivity index (χ4n) is 2.56. The molecule has 27 heavy (non-hydrogen) atoms. The lowest BCUT2D eigenvalue weighted by Crippen LogP contribution is -2.31. The summed E-state index contributed by atoms with van der Waals surface area (Å²) < 4.78 is 18.3. The van der Waals surface area contributed by atoms with E-state index in [1.165, 1.54) is 24.3 Å². The van der Waals surface area contributed by atoms with E-state index in [-0.39, 0.29) is 17.0 Å². The minimum atomic E-state index is -1.26. The number of halogens is 1. The number of nitrogens with zero attached hydrogens (tertiary/aromatic N) is 1. The lowest BCUT2D eigenvalue weighted by Gasteiger charge is -2.13. The smallest absolute Gasteiger partial charge is 0.341 e. The van der Waals surface area contributed by atoms with Crippen molar-refractivity contribution in [3.05, 3.63) is 71.7 Å². The summed E-state index contributed by atoms with van der Waals surface area (Å²) in [5, 5.41) is 18.6. The van der Waals surface area contributed by atoms with Crippen molar-refractivity contribution in [3.8, 4) is 11.3 Å². The zero-order valence-electron chi connectivity index (χ0n) is 14.3. The molecule has 0 fully saturated rings. The Kier molecular flexibility index (Phi) is 5.16. The minimum Gasteiger partial charge on any atom is -0.477 e. The van der Waals surface area contributed by atoms with Crippen LogP contribution in [0.15, 0.2) is 59.1 Å². The molecule has 0 spiro atoms. The van der Waals surface area contributed by atoms with E-state index in [0.29, 0.717) is 11.3 Å². The number of para-hydroxylation sites is 1. The molecule has 0 saturated heterocycles. The monoisotopic (exact) mass is 369 g/mol. The normalized spacial score (nSPS) is 11.6. The first kappa shape index (κ1) is 18.1. The number of amides is 2. The highest BCUT2D eigenvalue weighted by Crippen LogP contribution is 2.29. The van der Waals surface area contributed by atoms with Gasteiger partial charge in [0.05, 0.1) is 6.04 Å². The van der Waals surface area contributed by atoms with E-state index in [1.807, 2.05) is 6.07 Å².